The van der Waals surface area contributed by atoms with E-state index in [0.29, 0.717) is 11.6 Å². The van der Waals surface area contributed by atoms with Gasteiger partial charge in [-0.3, -0.25) is 9.69 Å². The van der Waals surface area contributed by atoms with Gasteiger partial charge in [0.15, 0.2) is 0 Å². The van der Waals surface area contributed by atoms with E-state index in [1.165, 1.54) is 21.8 Å². The fourth-order valence-corrected chi connectivity index (χ4v) is 4.56. The Labute approximate surface area is 185 Å². The monoisotopic (exact) mass is 435 g/mol. The van der Waals surface area contributed by atoms with Crippen molar-refractivity contribution < 1.29 is 14.3 Å². The number of nitrogens with one attached hydrogen (secondary N) is 1. The quantitative estimate of drug-likeness (QED) is 0.559. The Hall–Kier alpha value is -3.19. The predicted molar refractivity (Wildman–Crippen MR) is 121 cm³/mol. The highest BCUT2D eigenvalue weighted by Crippen LogP contribution is 2.34. The van der Waals surface area contributed by atoms with Gasteiger partial charge in [0.25, 0.3) is 5.91 Å². The predicted octanol–water partition coefficient (Wildman–Crippen LogP) is 4.91. The molecule has 1 aliphatic heterocycles. The van der Waals surface area contributed by atoms with E-state index < -0.39 is 11.6 Å². The van der Waals surface area contributed by atoms with Gasteiger partial charge < -0.3 is 10.1 Å². The average Bonchev–Trinajstić information content (AvgIpc) is 3.33. The van der Waals surface area contributed by atoms with Crippen LogP contribution in [0.2, 0.25) is 0 Å². The van der Waals surface area contributed by atoms with Gasteiger partial charge in [-0.05, 0) is 36.1 Å². The van der Waals surface area contributed by atoms with Gasteiger partial charge in [0, 0.05) is 5.38 Å². The molecule has 4 rings (SSSR count). The van der Waals surface area contributed by atoms with E-state index in [2.05, 4.69) is 24.1 Å². The first-order chi connectivity index (χ1) is 14.8. The van der Waals surface area contributed by atoms with Crippen LogP contribution < -0.4 is 10.1 Å². The smallest absolute Gasteiger partial charge is 0.325 e. The maximum absolute atomic E-state index is 13.2. The molecule has 1 saturated heterocycles. The molecular weight excluding hydrogens is 410 g/mol. The lowest BCUT2D eigenvalue weighted by Crippen LogP contribution is -2.40. The lowest BCUT2D eigenvalue weighted by molar-refractivity contribution is -0.131. The standard InChI is InChI=1S/C24H25N3O3S/c1-15(2)16-9-11-17(12-10-16)24(3)22(28)27(23(29)26-24)13-18-14-31-21(25-18)19-7-5-6-8-20(19)30-4/h5-12,14-15H,13H2,1-4H3,(H,26,29). The number of benzene rings is 2. The lowest BCUT2D eigenvalue weighted by atomic mass is 9.90. The maximum atomic E-state index is 13.2. The van der Waals surface area contributed by atoms with E-state index in [-0.39, 0.29) is 12.5 Å². The minimum atomic E-state index is -1.09. The molecular formula is C24H25N3O3S. The van der Waals surface area contributed by atoms with Crippen LogP contribution in [0.15, 0.2) is 53.9 Å². The van der Waals surface area contributed by atoms with Crippen LogP contribution in [0.1, 0.15) is 43.5 Å². The van der Waals surface area contributed by atoms with Crippen LogP contribution in [0.25, 0.3) is 10.6 Å². The number of aromatic nitrogens is 1. The molecule has 1 aliphatic rings. The number of ether oxygens (including phenoxy) is 1. The summed E-state index contributed by atoms with van der Waals surface area (Å²) in [6.45, 7) is 6.11. The van der Waals surface area contributed by atoms with Gasteiger partial charge in [-0.25, -0.2) is 9.78 Å². The molecule has 0 saturated carbocycles. The van der Waals surface area contributed by atoms with Crippen LogP contribution in [-0.4, -0.2) is 28.9 Å². The third kappa shape index (κ3) is 3.81. The summed E-state index contributed by atoms with van der Waals surface area (Å²) in [5, 5.41) is 5.52. The van der Waals surface area contributed by atoms with Crippen LogP contribution in [0.3, 0.4) is 0 Å². The van der Waals surface area contributed by atoms with E-state index in [9.17, 15) is 9.59 Å². The maximum Gasteiger partial charge on any atom is 0.325 e. The van der Waals surface area contributed by atoms with Crippen LogP contribution in [0.5, 0.6) is 5.75 Å². The molecule has 3 aromatic rings. The SMILES string of the molecule is COc1ccccc1-c1nc(CN2C(=O)NC(C)(c3ccc(C(C)C)cc3)C2=O)cs1. The van der Waals surface area contributed by atoms with Crippen molar-refractivity contribution >= 4 is 23.3 Å². The first kappa shape index (κ1) is 21.1. The molecule has 2 aromatic carbocycles. The number of methoxy groups -OCH3 is 1. The van der Waals surface area contributed by atoms with Crippen molar-refractivity contribution in [3.8, 4) is 16.3 Å². The Kier molecular flexibility index (Phi) is 5.54. The largest absolute Gasteiger partial charge is 0.496 e. The minimum Gasteiger partial charge on any atom is -0.496 e. The fourth-order valence-electron chi connectivity index (χ4n) is 3.72. The van der Waals surface area contributed by atoms with E-state index in [1.54, 1.807) is 14.0 Å². The summed E-state index contributed by atoms with van der Waals surface area (Å²) in [6.07, 6.45) is 0. The molecule has 1 N–H and O–H groups in total. The van der Waals surface area contributed by atoms with Crippen LogP contribution >= 0.6 is 11.3 Å². The molecule has 160 valence electrons. The Morgan fingerprint density at radius 1 is 1.13 bits per heavy atom. The second kappa shape index (κ2) is 8.15. The summed E-state index contributed by atoms with van der Waals surface area (Å²) in [5.41, 5.74) is 2.41. The number of carbonyl (C=O) groups is 2. The van der Waals surface area contributed by atoms with Crippen LogP contribution in [0.4, 0.5) is 4.79 Å². The highest BCUT2D eigenvalue weighted by Gasteiger charge is 2.49. The number of hydrogen-bond donors (Lipinski definition) is 1. The third-order valence-electron chi connectivity index (χ3n) is 5.64. The van der Waals surface area contributed by atoms with Gasteiger partial charge in [0.2, 0.25) is 0 Å². The van der Waals surface area contributed by atoms with Crippen LogP contribution in [-0.2, 0) is 16.9 Å². The molecule has 1 fully saturated rings. The number of rotatable bonds is 6. The Balaban J connectivity index is 1.56. The number of thiazole rings is 1. The summed E-state index contributed by atoms with van der Waals surface area (Å²) < 4.78 is 5.41. The summed E-state index contributed by atoms with van der Waals surface area (Å²) >= 11 is 1.46. The topological polar surface area (TPSA) is 71.5 Å². The lowest BCUT2D eigenvalue weighted by Gasteiger charge is -2.22. The van der Waals surface area contributed by atoms with E-state index >= 15 is 0 Å². The number of hydrogen-bond acceptors (Lipinski definition) is 5. The Bertz CT molecular complexity index is 1120. The summed E-state index contributed by atoms with van der Waals surface area (Å²) in [7, 11) is 1.62. The van der Waals surface area contributed by atoms with Crippen molar-refractivity contribution in [3.63, 3.8) is 0 Å². The number of nitrogens with zero attached hydrogens (tertiary/aromatic N) is 2. The second-order valence-electron chi connectivity index (χ2n) is 8.07. The zero-order valence-corrected chi connectivity index (χ0v) is 18.8. The van der Waals surface area contributed by atoms with Gasteiger partial charge in [0.05, 0.1) is 24.9 Å². The van der Waals surface area contributed by atoms with Gasteiger partial charge in [-0.2, -0.15) is 0 Å². The molecule has 1 unspecified atom stereocenters. The summed E-state index contributed by atoms with van der Waals surface area (Å²) in [6, 6.07) is 15.1. The van der Waals surface area contributed by atoms with Crippen molar-refractivity contribution in [1.29, 1.82) is 0 Å². The molecule has 3 amide bonds. The molecule has 0 aliphatic carbocycles. The van der Waals surface area contributed by atoms with Gasteiger partial charge in [-0.15, -0.1) is 11.3 Å². The van der Waals surface area contributed by atoms with Crippen molar-refractivity contribution in [1.82, 2.24) is 15.2 Å². The Morgan fingerprint density at radius 3 is 2.52 bits per heavy atom. The number of para-hydroxylation sites is 1. The number of amides is 3. The molecule has 0 bridgehead atoms. The summed E-state index contributed by atoms with van der Waals surface area (Å²) in [4.78, 5) is 31.8. The molecule has 6 nitrogen and oxygen atoms in total. The van der Waals surface area contributed by atoms with Crippen molar-refractivity contribution in [2.45, 2.75) is 38.8 Å². The van der Waals surface area contributed by atoms with Gasteiger partial charge in [0.1, 0.15) is 16.3 Å². The van der Waals surface area contributed by atoms with Crippen molar-refractivity contribution in [2.75, 3.05) is 7.11 Å². The van der Waals surface area contributed by atoms with Gasteiger partial charge in [-0.1, -0.05) is 50.2 Å². The number of imide groups is 1. The fraction of sp³-hybridized carbons (Fsp3) is 0.292. The minimum absolute atomic E-state index is 0.121. The van der Waals surface area contributed by atoms with E-state index in [4.69, 9.17) is 4.74 Å². The van der Waals surface area contributed by atoms with Crippen molar-refractivity contribution in [3.05, 3.63) is 70.7 Å². The van der Waals surface area contributed by atoms with E-state index in [0.717, 1.165) is 21.9 Å². The zero-order valence-electron chi connectivity index (χ0n) is 18.0. The second-order valence-corrected chi connectivity index (χ2v) is 8.93. The molecule has 2 heterocycles. The van der Waals surface area contributed by atoms with Crippen molar-refractivity contribution in [2.24, 2.45) is 0 Å². The Morgan fingerprint density at radius 2 is 1.84 bits per heavy atom. The average molecular weight is 436 g/mol. The third-order valence-corrected chi connectivity index (χ3v) is 6.56. The molecule has 1 aromatic heterocycles. The zero-order chi connectivity index (χ0) is 22.2. The molecule has 7 heteroatoms. The summed E-state index contributed by atoms with van der Waals surface area (Å²) in [5.74, 6) is 0.853. The normalized spacial score (nSPS) is 18.5. The van der Waals surface area contributed by atoms with Gasteiger partial charge >= 0.3 is 6.03 Å². The molecule has 0 radical (unpaired) electrons. The number of urea groups is 1. The van der Waals surface area contributed by atoms with Crippen LogP contribution in [0, 0.1) is 0 Å². The molecule has 31 heavy (non-hydrogen) atoms. The molecule has 1 atom stereocenters. The highest BCUT2D eigenvalue weighted by atomic mass is 32.1. The molecule has 0 spiro atoms. The van der Waals surface area contributed by atoms with E-state index in [1.807, 2.05) is 53.9 Å². The first-order valence-electron chi connectivity index (χ1n) is 10.2. The highest BCUT2D eigenvalue weighted by molar-refractivity contribution is 7.13. The first-order valence-corrected chi connectivity index (χ1v) is 11.0. The number of carbonyl (C=O) groups excluding carboxylic acids is 2.